The van der Waals surface area contributed by atoms with Gasteiger partial charge in [0.05, 0.1) is 24.8 Å². The number of aryl methyl sites for hydroxylation is 3. The summed E-state index contributed by atoms with van der Waals surface area (Å²) >= 11 is 0. The first-order chi connectivity index (χ1) is 20.6. The van der Waals surface area contributed by atoms with Crippen LogP contribution in [-0.4, -0.2) is 68.3 Å². The summed E-state index contributed by atoms with van der Waals surface area (Å²) in [6.45, 7) is 7.60. The van der Waals surface area contributed by atoms with Gasteiger partial charge in [-0.05, 0) is 50.3 Å². The Balaban J connectivity index is 0.000000553. The molecular formula is C30H46N6O7. The first kappa shape index (κ1) is 35.4. The zero-order chi connectivity index (χ0) is 31.9. The molecule has 6 N–H and O–H groups in total. The average Bonchev–Trinajstić information content (AvgIpc) is 3.29. The quantitative estimate of drug-likeness (QED) is 0.180. The van der Waals surface area contributed by atoms with Crippen LogP contribution < -0.4 is 26.9 Å². The van der Waals surface area contributed by atoms with Gasteiger partial charge in [-0.15, -0.1) is 0 Å². The molecule has 2 heterocycles. The molecule has 13 nitrogen and oxygen atoms in total. The van der Waals surface area contributed by atoms with Crippen molar-refractivity contribution < 1.29 is 35.0 Å². The number of hydrogen-bond acceptors (Lipinski definition) is 9. The van der Waals surface area contributed by atoms with Gasteiger partial charge in [0.25, 0.3) is 5.56 Å². The van der Waals surface area contributed by atoms with Crippen molar-refractivity contribution >= 4 is 23.0 Å². The minimum absolute atomic E-state index is 0.114. The lowest BCUT2D eigenvalue weighted by Gasteiger charge is -2.18. The third-order valence-electron chi connectivity index (χ3n) is 6.79. The van der Waals surface area contributed by atoms with Crippen LogP contribution in [0.4, 0.5) is 0 Å². The zero-order valence-corrected chi connectivity index (χ0v) is 25.7. The fraction of sp³-hybridized carbons (Fsp3) is 0.567. The van der Waals surface area contributed by atoms with Crippen molar-refractivity contribution in [3.63, 3.8) is 0 Å². The molecule has 238 valence electrons. The normalized spacial score (nSPS) is 12.4. The van der Waals surface area contributed by atoms with Crippen LogP contribution in [0.2, 0.25) is 0 Å². The molecule has 2 aromatic heterocycles. The molecular weight excluding hydrogens is 556 g/mol. The van der Waals surface area contributed by atoms with E-state index < -0.39 is 24.1 Å². The summed E-state index contributed by atoms with van der Waals surface area (Å²) in [6.07, 6.45) is 3.97. The molecule has 0 spiro atoms. The third-order valence-corrected chi connectivity index (χ3v) is 6.79. The Hall–Kier alpha value is -3.81. The Kier molecular flexibility index (Phi) is 14.8. The summed E-state index contributed by atoms with van der Waals surface area (Å²) in [5.74, 6) is -0.800. The fourth-order valence-corrected chi connectivity index (χ4v) is 4.53. The number of nitrogens with zero attached hydrogens (tertiary/aromatic N) is 4. The van der Waals surface area contributed by atoms with Crippen LogP contribution in [0.5, 0.6) is 5.75 Å². The topological polar surface area (TPSA) is 202 Å². The molecule has 0 saturated heterocycles. The molecule has 0 aliphatic carbocycles. The summed E-state index contributed by atoms with van der Waals surface area (Å²) < 4.78 is 14.3. The highest BCUT2D eigenvalue weighted by molar-refractivity contribution is 5.76. The minimum atomic E-state index is -1.23. The van der Waals surface area contributed by atoms with E-state index in [1.165, 1.54) is 0 Å². The van der Waals surface area contributed by atoms with Crippen LogP contribution >= 0.6 is 0 Å². The summed E-state index contributed by atoms with van der Waals surface area (Å²) in [4.78, 5) is 39.2. The molecule has 1 unspecified atom stereocenters. The van der Waals surface area contributed by atoms with Gasteiger partial charge in [0, 0.05) is 26.5 Å². The molecule has 0 radical (unpaired) electrons. The second-order valence-corrected chi connectivity index (χ2v) is 10.1. The number of ether oxygens (including phenoxy) is 2. The summed E-state index contributed by atoms with van der Waals surface area (Å²) in [5, 5.41) is 24.0. The number of benzene rings is 1. The average molecular weight is 603 g/mol. The van der Waals surface area contributed by atoms with Gasteiger partial charge in [-0.2, -0.15) is 5.10 Å². The second kappa shape index (κ2) is 18.0. The van der Waals surface area contributed by atoms with Crippen molar-refractivity contribution in [3.8, 4) is 5.75 Å². The highest BCUT2D eigenvalue weighted by atomic mass is 16.5. The van der Waals surface area contributed by atoms with Crippen LogP contribution in [-0.2, 0) is 47.2 Å². The van der Waals surface area contributed by atoms with E-state index in [2.05, 4.69) is 17.8 Å². The van der Waals surface area contributed by atoms with Gasteiger partial charge in [0.15, 0.2) is 5.52 Å². The highest BCUT2D eigenvalue weighted by Crippen LogP contribution is 2.17. The summed E-state index contributed by atoms with van der Waals surface area (Å²) in [5.41, 5.74) is 11.6. The Bertz CT molecular complexity index is 1370. The van der Waals surface area contributed by atoms with E-state index in [9.17, 15) is 19.5 Å². The number of quaternary nitrogens is 1. The molecule has 1 aromatic carbocycles. The number of aromatic nitrogens is 4. The first-order valence-electron chi connectivity index (χ1n) is 14.8. The molecule has 3 aromatic rings. The number of carbonyl (C=O) groups is 2. The number of fused-ring (bicyclic) bond motifs is 1. The monoisotopic (exact) mass is 602 g/mol. The van der Waals surface area contributed by atoms with Crippen molar-refractivity contribution in [1.82, 2.24) is 19.3 Å². The van der Waals surface area contributed by atoms with Crippen LogP contribution in [0, 0.1) is 0 Å². The Morgan fingerprint density at radius 3 is 2.42 bits per heavy atom. The largest absolute Gasteiger partial charge is 0.547 e. The zero-order valence-electron chi connectivity index (χ0n) is 25.7. The molecule has 0 amide bonds. The third kappa shape index (κ3) is 10.4. The second-order valence-electron chi connectivity index (χ2n) is 10.1. The molecule has 2 atom stereocenters. The Morgan fingerprint density at radius 2 is 1.86 bits per heavy atom. The molecule has 0 bridgehead atoms. The van der Waals surface area contributed by atoms with Gasteiger partial charge in [0.1, 0.15) is 35.8 Å². The van der Waals surface area contributed by atoms with Crippen molar-refractivity contribution in [2.75, 3.05) is 19.8 Å². The van der Waals surface area contributed by atoms with E-state index in [4.69, 9.17) is 25.3 Å². The fourth-order valence-electron chi connectivity index (χ4n) is 4.53. The summed E-state index contributed by atoms with van der Waals surface area (Å²) in [7, 11) is 1.77. The number of rotatable bonds is 17. The van der Waals surface area contributed by atoms with Crippen LogP contribution in [0.15, 0.2) is 29.1 Å². The van der Waals surface area contributed by atoms with E-state index in [1.54, 1.807) is 47.5 Å². The standard InChI is InChI=1S/C24H32N4O5.C6H14N2O2/c1-5-8-18-21-22(27(4)26-18)23(29)28(20(6-2)25-21)13-14-33-17-11-9-16(10-12-17)15-19(24(30)31)32-7-3;7-4-2-1-3-5(8)6(9)10/h9-12,19H,5-8,13-15H2,1-4H3,(H,30,31);5H,1-4,7-8H2,(H,9,10)/t19-;/m0./s1. The number of nitrogens with two attached hydrogens (primary N) is 1. The van der Waals surface area contributed by atoms with Gasteiger partial charge < -0.3 is 35.9 Å². The maximum Gasteiger partial charge on any atom is 0.320 e. The lowest BCUT2D eigenvalue weighted by molar-refractivity contribution is -0.368. The van der Waals surface area contributed by atoms with Gasteiger partial charge in [-0.25, -0.2) is 4.98 Å². The van der Waals surface area contributed by atoms with Crippen LogP contribution in [0.1, 0.15) is 63.5 Å². The van der Waals surface area contributed by atoms with E-state index in [0.29, 0.717) is 55.2 Å². The lowest BCUT2D eigenvalue weighted by atomic mass is 10.1. The maximum absolute atomic E-state index is 13.2. The predicted octanol–water partition coefficient (Wildman–Crippen LogP) is 0.232. The van der Waals surface area contributed by atoms with Crippen LogP contribution in [0.25, 0.3) is 11.0 Å². The maximum atomic E-state index is 13.2. The molecule has 3 rings (SSSR count). The SMILES string of the molecule is CCCc1nn(C)c2c(=O)n(CCOc3ccc(C[C@H](OCC)C(=O)[O-])cc3)c(CC)nc12.NC(CCCC[NH3+])C(=O)O. The lowest BCUT2D eigenvalue weighted by Crippen LogP contribution is -2.50. The number of unbranched alkanes of at least 4 members (excludes halogenated alkanes) is 1. The van der Waals surface area contributed by atoms with Gasteiger partial charge in [0.2, 0.25) is 0 Å². The minimum Gasteiger partial charge on any atom is -0.547 e. The van der Waals surface area contributed by atoms with E-state index in [-0.39, 0.29) is 12.0 Å². The molecule has 13 heteroatoms. The smallest absolute Gasteiger partial charge is 0.320 e. The van der Waals surface area contributed by atoms with Crippen LogP contribution in [0.3, 0.4) is 0 Å². The van der Waals surface area contributed by atoms with Gasteiger partial charge in [-0.3, -0.25) is 18.8 Å². The Morgan fingerprint density at radius 1 is 1.16 bits per heavy atom. The number of carboxylic acid groups (broad SMARTS) is 2. The highest BCUT2D eigenvalue weighted by Gasteiger charge is 2.18. The van der Waals surface area contributed by atoms with Crippen molar-refractivity contribution in [2.24, 2.45) is 12.8 Å². The number of carbonyl (C=O) groups excluding carboxylic acids is 1. The molecule has 0 saturated carbocycles. The molecule has 43 heavy (non-hydrogen) atoms. The van der Waals surface area contributed by atoms with E-state index in [1.807, 2.05) is 6.92 Å². The van der Waals surface area contributed by atoms with E-state index in [0.717, 1.165) is 43.5 Å². The first-order valence-corrected chi connectivity index (χ1v) is 14.8. The molecule has 0 aliphatic rings. The molecule has 0 aliphatic heterocycles. The van der Waals surface area contributed by atoms with Crippen molar-refractivity contribution in [1.29, 1.82) is 0 Å². The number of carboxylic acids is 2. The number of hydrogen-bond donors (Lipinski definition) is 3. The Labute approximate surface area is 251 Å². The predicted molar refractivity (Wildman–Crippen MR) is 159 cm³/mol. The van der Waals surface area contributed by atoms with E-state index >= 15 is 0 Å². The van der Waals surface area contributed by atoms with Crippen molar-refractivity contribution in [2.45, 2.75) is 84.4 Å². The van der Waals surface area contributed by atoms with Gasteiger partial charge in [-0.1, -0.05) is 32.4 Å². The van der Waals surface area contributed by atoms with Crippen molar-refractivity contribution in [3.05, 3.63) is 51.7 Å². The molecule has 0 fully saturated rings. The van der Waals surface area contributed by atoms with Gasteiger partial charge >= 0.3 is 5.97 Å². The summed E-state index contributed by atoms with van der Waals surface area (Å²) in [6, 6.07) is 6.46. The number of aliphatic carboxylic acids is 2.